The van der Waals surface area contributed by atoms with Gasteiger partial charge in [0.15, 0.2) is 0 Å². The number of carbonyl (C=O) groups is 2. The summed E-state index contributed by atoms with van der Waals surface area (Å²) >= 11 is 0. The summed E-state index contributed by atoms with van der Waals surface area (Å²) < 4.78 is 0. The van der Waals surface area contributed by atoms with E-state index in [1.54, 1.807) is 24.3 Å². The molecule has 120 valence electrons. The molecule has 1 fully saturated rings. The van der Waals surface area contributed by atoms with Crippen molar-refractivity contribution in [3.05, 3.63) is 29.8 Å². The normalized spacial score (nSPS) is 15.6. The summed E-state index contributed by atoms with van der Waals surface area (Å²) in [5.41, 5.74) is 6.22. The van der Waals surface area contributed by atoms with Gasteiger partial charge in [0, 0.05) is 24.3 Å². The van der Waals surface area contributed by atoms with E-state index in [0.717, 1.165) is 39.0 Å². The molecule has 2 rings (SSSR count). The van der Waals surface area contributed by atoms with Crippen LogP contribution in [0, 0.1) is 5.92 Å². The maximum Gasteiger partial charge on any atom is 0.316 e. The van der Waals surface area contributed by atoms with Crippen molar-refractivity contribution in [3.8, 4) is 0 Å². The van der Waals surface area contributed by atoms with Crippen LogP contribution in [0.4, 0.5) is 10.5 Å². The van der Waals surface area contributed by atoms with Crippen LogP contribution in [-0.4, -0.2) is 43.0 Å². The average Bonchev–Trinajstić information content (AvgIpc) is 2.52. The zero-order chi connectivity index (χ0) is 15.9. The first-order valence-corrected chi connectivity index (χ1v) is 7.76. The number of rotatable bonds is 5. The molecule has 6 heteroatoms. The topological polar surface area (TPSA) is 87.5 Å². The summed E-state index contributed by atoms with van der Waals surface area (Å²) in [4.78, 5) is 25.3. The molecule has 0 bridgehead atoms. The van der Waals surface area contributed by atoms with Gasteiger partial charge in [0.2, 0.25) is 0 Å². The monoisotopic (exact) mass is 304 g/mol. The van der Waals surface area contributed by atoms with Crippen molar-refractivity contribution in [2.24, 2.45) is 11.7 Å². The molecule has 1 aliphatic heterocycles. The predicted octanol–water partition coefficient (Wildman–Crippen LogP) is 1.64. The Morgan fingerprint density at radius 3 is 2.68 bits per heavy atom. The van der Waals surface area contributed by atoms with Crippen LogP contribution in [0.3, 0.4) is 0 Å². The van der Waals surface area contributed by atoms with Crippen LogP contribution in [0.2, 0.25) is 0 Å². The quantitative estimate of drug-likeness (QED) is 0.773. The lowest BCUT2D eigenvalue weighted by Crippen LogP contribution is -2.40. The van der Waals surface area contributed by atoms with Gasteiger partial charge >= 0.3 is 6.03 Å². The second kappa shape index (κ2) is 7.79. The first kappa shape index (κ1) is 16.3. The third kappa shape index (κ3) is 4.46. The highest BCUT2D eigenvalue weighted by molar-refractivity contribution is 5.96. The SMILES string of the molecule is CCNCC1CCN(C(=O)c2cccc(NC(N)=O)c2)CC1. The summed E-state index contributed by atoms with van der Waals surface area (Å²) in [6.45, 7) is 5.67. The van der Waals surface area contributed by atoms with E-state index in [-0.39, 0.29) is 5.91 Å². The van der Waals surface area contributed by atoms with Crippen LogP contribution >= 0.6 is 0 Å². The van der Waals surface area contributed by atoms with Gasteiger partial charge in [0.25, 0.3) is 5.91 Å². The van der Waals surface area contributed by atoms with Gasteiger partial charge in [0.05, 0.1) is 0 Å². The van der Waals surface area contributed by atoms with Crippen molar-refractivity contribution in [2.75, 3.05) is 31.5 Å². The van der Waals surface area contributed by atoms with E-state index < -0.39 is 6.03 Å². The fourth-order valence-electron chi connectivity index (χ4n) is 2.74. The molecule has 3 amide bonds. The minimum atomic E-state index is -0.631. The van der Waals surface area contributed by atoms with Crippen LogP contribution in [-0.2, 0) is 0 Å². The maximum absolute atomic E-state index is 12.5. The van der Waals surface area contributed by atoms with Gasteiger partial charge in [-0.2, -0.15) is 0 Å². The van der Waals surface area contributed by atoms with Crippen molar-refractivity contribution in [1.29, 1.82) is 0 Å². The van der Waals surface area contributed by atoms with Crippen molar-refractivity contribution < 1.29 is 9.59 Å². The maximum atomic E-state index is 12.5. The number of nitrogens with zero attached hydrogens (tertiary/aromatic N) is 1. The zero-order valence-corrected chi connectivity index (χ0v) is 13.0. The third-order valence-electron chi connectivity index (χ3n) is 3.96. The van der Waals surface area contributed by atoms with Gasteiger partial charge in [-0.3, -0.25) is 4.79 Å². The third-order valence-corrected chi connectivity index (χ3v) is 3.96. The van der Waals surface area contributed by atoms with E-state index in [4.69, 9.17) is 5.73 Å². The Morgan fingerprint density at radius 1 is 1.32 bits per heavy atom. The Hall–Kier alpha value is -2.08. The molecular formula is C16H24N4O2. The minimum Gasteiger partial charge on any atom is -0.351 e. The largest absolute Gasteiger partial charge is 0.351 e. The van der Waals surface area contributed by atoms with Gasteiger partial charge in [-0.1, -0.05) is 13.0 Å². The van der Waals surface area contributed by atoms with Crippen molar-refractivity contribution in [3.63, 3.8) is 0 Å². The molecule has 22 heavy (non-hydrogen) atoms. The number of primary amides is 1. The number of benzene rings is 1. The number of hydrogen-bond donors (Lipinski definition) is 3. The summed E-state index contributed by atoms with van der Waals surface area (Å²) in [5.74, 6) is 0.655. The lowest BCUT2D eigenvalue weighted by atomic mass is 9.96. The van der Waals surface area contributed by atoms with Crippen LogP contribution < -0.4 is 16.4 Å². The summed E-state index contributed by atoms with van der Waals surface area (Å²) in [7, 11) is 0. The van der Waals surface area contributed by atoms with E-state index in [1.165, 1.54) is 0 Å². The fourth-order valence-corrected chi connectivity index (χ4v) is 2.74. The molecule has 1 aliphatic rings. The number of hydrogen-bond acceptors (Lipinski definition) is 3. The van der Waals surface area contributed by atoms with E-state index in [1.807, 2.05) is 4.90 Å². The van der Waals surface area contributed by atoms with Crippen molar-refractivity contribution in [2.45, 2.75) is 19.8 Å². The average molecular weight is 304 g/mol. The first-order chi connectivity index (χ1) is 10.6. The molecule has 1 heterocycles. The van der Waals surface area contributed by atoms with Gasteiger partial charge in [-0.25, -0.2) is 4.79 Å². The molecule has 0 radical (unpaired) electrons. The number of amides is 3. The summed E-state index contributed by atoms with van der Waals surface area (Å²) in [5, 5.41) is 5.86. The van der Waals surface area contributed by atoms with E-state index >= 15 is 0 Å². The molecule has 0 aromatic heterocycles. The Kier molecular flexibility index (Phi) is 5.77. The Morgan fingerprint density at radius 2 is 2.05 bits per heavy atom. The number of nitrogens with one attached hydrogen (secondary N) is 2. The minimum absolute atomic E-state index is 0.00928. The van der Waals surface area contributed by atoms with Crippen molar-refractivity contribution >= 4 is 17.6 Å². The van der Waals surface area contributed by atoms with Gasteiger partial charge in [-0.05, 0) is 50.0 Å². The molecule has 0 saturated carbocycles. The highest BCUT2D eigenvalue weighted by Gasteiger charge is 2.23. The van der Waals surface area contributed by atoms with Gasteiger partial charge in [-0.15, -0.1) is 0 Å². The Labute approximate surface area is 131 Å². The lowest BCUT2D eigenvalue weighted by molar-refractivity contribution is 0.0690. The van der Waals surface area contributed by atoms with Crippen LogP contribution in [0.25, 0.3) is 0 Å². The standard InChI is InChI=1S/C16H24N4O2/c1-2-18-11-12-6-8-20(9-7-12)15(21)13-4-3-5-14(10-13)19-16(17)22/h3-5,10,12,18H,2,6-9,11H2,1H3,(H3,17,19,22). The molecule has 0 spiro atoms. The van der Waals surface area contributed by atoms with Crippen LogP contribution in [0.5, 0.6) is 0 Å². The number of likely N-dealkylation sites (tertiary alicyclic amines) is 1. The molecule has 1 aromatic rings. The molecule has 4 N–H and O–H groups in total. The lowest BCUT2D eigenvalue weighted by Gasteiger charge is -2.32. The molecule has 1 saturated heterocycles. The van der Waals surface area contributed by atoms with Gasteiger partial charge < -0.3 is 21.3 Å². The van der Waals surface area contributed by atoms with E-state index in [9.17, 15) is 9.59 Å². The smallest absolute Gasteiger partial charge is 0.316 e. The predicted molar refractivity (Wildman–Crippen MR) is 86.8 cm³/mol. The van der Waals surface area contributed by atoms with Crippen LogP contribution in [0.15, 0.2) is 24.3 Å². The Bertz CT molecular complexity index is 525. The molecule has 0 unspecified atom stereocenters. The van der Waals surface area contributed by atoms with Crippen LogP contribution in [0.1, 0.15) is 30.1 Å². The molecular weight excluding hydrogens is 280 g/mol. The molecule has 0 atom stereocenters. The summed E-state index contributed by atoms with van der Waals surface area (Å²) in [6.07, 6.45) is 2.05. The van der Waals surface area contributed by atoms with Gasteiger partial charge in [0.1, 0.15) is 0 Å². The summed E-state index contributed by atoms with van der Waals surface area (Å²) in [6, 6.07) is 6.26. The molecule has 0 aliphatic carbocycles. The second-order valence-electron chi connectivity index (χ2n) is 5.61. The number of nitrogens with two attached hydrogens (primary N) is 1. The van der Waals surface area contributed by atoms with Crippen molar-refractivity contribution in [1.82, 2.24) is 10.2 Å². The number of carbonyl (C=O) groups excluding carboxylic acids is 2. The second-order valence-corrected chi connectivity index (χ2v) is 5.61. The van der Waals surface area contributed by atoms with E-state index in [0.29, 0.717) is 17.2 Å². The molecule has 6 nitrogen and oxygen atoms in total. The first-order valence-electron chi connectivity index (χ1n) is 7.76. The highest BCUT2D eigenvalue weighted by Crippen LogP contribution is 2.19. The van der Waals surface area contributed by atoms with E-state index in [2.05, 4.69) is 17.6 Å². The number of piperidine rings is 1. The number of urea groups is 1. The zero-order valence-electron chi connectivity index (χ0n) is 13.0. The fraction of sp³-hybridized carbons (Fsp3) is 0.500. The highest BCUT2D eigenvalue weighted by atomic mass is 16.2. The number of anilines is 1. The molecule has 1 aromatic carbocycles. The Balaban J connectivity index is 1.93.